The Bertz CT molecular complexity index is 381. The first-order valence-electron chi connectivity index (χ1n) is 4.89. The fraction of sp³-hybridized carbons (Fsp3) is 0.667. The number of hydrogen-bond acceptors (Lipinski definition) is 4. The summed E-state index contributed by atoms with van der Waals surface area (Å²) in [5.41, 5.74) is 10.3. The summed E-state index contributed by atoms with van der Waals surface area (Å²) in [7, 11) is 0. The summed E-state index contributed by atoms with van der Waals surface area (Å²) >= 11 is 0. The highest BCUT2D eigenvalue weighted by molar-refractivity contribution is 5.21. The molecule has 1 saturated heterocycles. The van der Waals surface area contributed by atoms with Crippen LogP contribution in [0.15, 0.2) is 9.64 Å². The molecule has 0 bridgehead atoms. The van der Waals surface area contributed by atoms with Crippen molar-refractivity contribution < 1.29 is 4.52 Å². The average molecular weight is 207 g/mol. The zero-order valence-electron chi connectivity index (χ0n) is 8.84. The Hall–Kier alpha value is -1.52. The Morgan fingerprint density at radius 1 is 1.60 bits per heavy atom. The first-order chi connectivity index (χ1) is 7.20. The molecular weight excluding hydrogens is 194 g/mol. The highest BCUT2D eigenvalue weighted by Crippen LogP contribution is 2.20. The van der Waals surface area contributed by atoms with Crippen molar-refractivity contribution in [3.63, 3.8) is 0 Å². The van der Waals surface area contributed by atoms with E-state index >= 15 is 0 Å². The predicted molar refractivity (Wildman–Crippen MR) is 54.2 cm³/mol. The molecule has 0 radical (unpaired) electrons. The number of hydrogen-bond donors (Lipinski definition) is 0. The molecule has 0 N–H and O–H groups in total. The molecule has 80 valence electrons. The number of azide groups is 1. The molecule has 1 fully saturated rings. The van der Waals surface area contributed by atoms with Crippen LogP contribution in [-0.2, 0) is 6.54 Å². The van der Waals surface area contributed by atoms with Crippen LogP contribution >= 0.6 is 0 Å². The summed E-state index contributed by atoms with van der Waals surface area (Å²) in [6.07, 6.45) is 0. The van der Waals surface area contributed by atoms with Crippen molar-refractivity contribution in [2.75, 3.05) is 13.1 Å². The Balaban J connectivity index is 1.92. The van der Waals surface area contributed by atoms with Gasteiger partial charge in [-0.05, 0) is 19.4 Å². The maximum Gasteiger partial charge on any atom is 0.138 e. The van der Waals surface area contributed by atoms with Crippen molar-refractivity contribution in [2.24, 2.45) is 5.11 Å². The third-order valence-corrected chi connectivity index (χ3v) is 2.72. The summed E-state index contributed by atoms with van der Waals surface area (Å²) in [6, 6.07) is 0.135. The third kappa shape index (κ3) is 1.95. The number of aryl methyl sites for hydroxylation is 2. The van der Waals surface area contributed by atoms with Crippen molar-refractivity contribution in [3.05, 3.63) is 27.5 Å². The Morgan fingerprint density at radius 2 is 2.33 bits per heavy atom. The van der Waals surface area contributed by atoms with Gasteiger partial charge in [-0.2, -0.15) is 0 Å². The van der Waals surface area contributed by atoms with E-state index in [2.05, 4.69) is 20.1 Å². The lowest BCUT2D eigenvalue weighted by Gasteiger charge is -2.36. The molecule has 2 heterocycles. The van der Waals surface area contributed by atoms with Gasteiger partial charge in [-0.1, -0.05) is 10.3 Å². The molecule has 1 aliphatic heterocycles. The minimum atomic E-state index is 0.135. The van der Waals surface area contributed by atoms with E-state index in [0.717, 1.165) is 36.7 Å². The van der Waals surface area contributed by atoms with Crippen molar-refractivity contribution in [2.45, 2.75) is 26.4 Å². The van der Waals surface area contributed by atoms with Crippen LogP contribution in [0.3, 0.4) is 0 Å². The second-order valence-corrected chi connectivity index (χ2v) is 3.86. The Morgan fingerprint density at radius 3 is 2.87 bits per heavy atom. The predicted octanol–water partition coefficient (Wildman–Crippen LogP) is 1.79. The molecule has 0 aliphatic carbocycles. The van der Waals surface area contributed by atoms with Gasteiger partial charge >= 0.3 is 0 Å². The second kappa shape index (κ2) is 3.92. The van der Waals surface area contributed by atoms with Crippen LogP contribution in [0.25, 0.3) is 10.4 Å². The topological polar surface area (TPSA) is 78.0 Å². The molecule has 6 nitrogen and oxygen atoms in total. The summed E-state index contributed by atoms with van der Waals surface area (Å²) < 4.78 is 5.08. The molecular formula is C9H13N5O. The van der Waals surface area contributed by atoms with Crippen LogP contribution in [0.4, 0.5) is 0 Å². The minimum absolute atomic E-state index is 0.135. The van der Waals surface area contributed by atoms with Gasteiger partial charge in [0.2, 0.25) is 0 Å². The molecule has 2 rings (SSSR count). The lowest BCUT2D eigenvalue weighted by atomic mass is 10.1. The lowest BCUT2D eigenvalue weighted by molar-refractivity contribution is 0.141. The van der Waals surface area contributed by atoms with Crippen LogP contribution in [0, 0.1) is 13.8 Å². The lowest BCUT2D eigenvalue weighted by Crippen LogP contribution is -2.48. The van der Waals surface area contributed by atoms with E-state index in [-0.39, 0.29) is 6.04 Å². The van der Waals surface area contributed by atoms with Crippen molar-refractivity contribution in [3.8, 4) is 0 Å². The fourth-order valence-corrected chi connectivity index (χ4v) is 1.77. The largest absolute Gasteiger partial charge is 0.361 e. The smallest absolute Gasteiger partial charge is 0.138 e. The number of rotatable bonds is 3. The number of aromatic nitrogens is 1. The van der Waals surface area contributed by atoms with Crippen LogP contribution in [0.2, 0.25) is 0 Å². The van der Waals surface area contributed by atoms with Crippen molar-refractivity contribution >= 4 is 0 Å². The summed E-state index contributed by atoms with van der Waals surface area (Å²) in [5.74, 6) is 0.875. The Labute approximate surface area is 87.5 Å². The standard InChI is InChI=1S/C9H13N5O/c1-6-9(7(2)15-12-6)5-14-3-8(4-14)11-13-10/h8H,3-5H2,1-2H3. The molecule has 15 heavy (non-hydrogen) atoms. The fourth-order valence-electron chi connectivity index (χ4n) is 1.77. The zero-order chi connectivity index (χ0) is 10.8. The van der Waals surface area contributed by atoms with Gasteiger partial charge in [0.05, 0.1) is 11.7 Å². The van der Waals surface area contributed by atoms with Gasteiger partial charge in [-0.15, -0.1) is 0 Å². The van der Waals surface area contributed by atoms with Crippen LogP contribution in [0.5, 0.6) is 0 Å². The molecule has 0 unspecified atom stereocenters. The molecule has 0 spiro atoms. The molecule has 0 atom stereocenters. The minimum Gasteiger partial charge on any atom is -0.361 e. The van der Waals surface area contributed by atoms with E-state index in [0.29, 0.717) is 0 Å². The summed E-state index contributed by atoms with van der Waals surface area (Å²) in [5, 5.41) is 7.55. The maximum atomic E-state index is 8.25. The van der Waals surface area contributed by atoms with Crippen LogP contribution in [-0.4, -0.2) is 29.2 Å². The van der Waals surface area contributed by atoms with E-state index < -0.39 is 0 Å². The van der Waals surface area contributed by atoms with E-state index in [4.69, 9.17) is 10.1 Å². The van der Waals surface area contributed by atoms with Gasteiger partial charge in [0.25, 0.3) is 0 Å². The molecule has 0 amide bonds. The van der Waals surface area contributed by atoms with Gasteiger partial charge in [-0.25, -0.2) is 0 Å². The molecule has 6 heteroatoms. The zero-order valence-corrected chi connectivity index (χ0v) is 8.84. The van der Waals surface area contributed by atoms with E-state index in [1.807, 2.05) is 13.8 Å². The van der Waals surface area contributed by atoms with E-state index in [1.165, 1.54) is 0 Å². The SMILES string of the molecule is Cc1noc(C)c1CN1CC(N=[N+]=[N-])C1. The monoisotopic (exact) mass is 207 g/mol. The summed E-state index contributed by atoms with van der Waals surface area (Å²) in [4.78, 5) is 5.01. The maximum absolute atomic E-state index is 8.25. The molecule has 0 aromatic carbocycles. The van der Waals surface area contributed by atoms with Gasteiger partial charge in [0.1, 0.15) is 5.76 Å². The van der Waals surface area contributed by atoms with Crippen LogP contribution < -0.4 is 0 Å². The highest BCUT2D eigenvalue weighted by Gasteiger charge is 2.26. The van der Waals surface area contributed by atoms with Gasteiger partial charge in [0, 0.05) is 30.1 Å². The molecule has 1 aromatic heterocycles. The normalized spacial score (nSPS) is 17.2. The van der Waals surface area contributed by atoms with Gasteiger partial charge in [-0.3, -0.25) is 4.90 Å². The first-order valence-corrected chi connectivity index (χ1v) is 4.89. The molecule has 1 aromatic rings. The van der Waals surface area contributed by atoms with Gasteiger partial charge < -0.3 is 4.52 Å². The third-order valence-electron chi connectivity index (χ3n) is 2.72. The highest BCUT2D eigenvalue weighted by atomic mass is 16.5. The quantitative estimate of drug-likeness (QED) is 0.430. The number of likely N-dealkylation sites (tertiary alicyclic amines) is 1. The second-order valence-electron chi connectivity index (χ2n) is 3.86. The first kappa shape index (κ1) is 10.0. The molecule has 1 aliphatic rings. The number of nitrogens with zero attached hydrogens (tertiary/aromatic N) is 5. The van der Waals surface area contributed by atoms with E-state index in [1.54, 1.807) is 0 Å². The van der Waals surface area contributed by atoms with E-state index in [9.17, 15) is 0 Å². The molecule has 0 saturated carbocycles. The van der Waals surface area contributed by atoms with Crippen molar-refractivity contribution in [1.82, 2.24) is 10.1 Å². The van der Waals surface area contributed by atoms with Crippen molar-refractivity contribution in [1.29, 1.82) is 0 Å². The average Bonchev–Trinajstić information content (AvgIpc) is 2.45. The summed E-state index contributed by atoms with van der Waals surface area (Å²) in [6.45, 7) is 6.34. The van der Waals surface area contributed by atoms with Crippen LogP contribution in [0.1, 0.15) is 17.0 Å². The Kier molecular flexibility index (Phi) is 2.62. The van der Waals surface area contributed by atoms with Gasteiger partial charge in [0.15, 0.2) is 0 Å².